The fourth-order valence-corrected chi connectivity index (χ4v) is 3.53. The first kappa shape index (κ1) is 14.9. The van der Waals surface area contributed by atoms with E-state index in [9.17, 15) is 4.79 Å². The Bertz CT molecular complexity index is 723. The molecule has 0 aromatic carbocycles. The van der Waals surface area contributed by atoms with E-state index in [0.29, 0.717) is 13.0 Å². The third kappa shape index (κ3) is 3.99. The minimum atomic E-state index is 0.0633. The Morgan fingerprint density at radius 1 is 1.18 bits per heavy atom. The van der Waals surface area contributed by atoms with Crippen LogP contribution in [0.2, 0.25) is 0 Å². The number of nitrogens with one attached hydrogen (secondary N) is 1. The molecule has 0 radical (unpaired) electrons. The zero-order chi connectivity index (χ0) is 15.2. The van der Waals surface area contributed by atoms with E-state index in [2.05, 4.69) is 15.3 Å². The third-order valence-electron chi connectivity index (χ3n) is 3.10. The summed E-state index contributed by atoms with van der Waals surface area (Å²) in [5.41, 5.74) is 2.03. The zero-order valence-electron chi connectivity index (χ0n) is 11.9. The lowest BCUT2D eigenvalue weighted by Gasteiger charge is -2.02. The molecule has 0 spiro atoms. The molecule has 1 amide bonds. The predicted molar refractivity (Wildman–Crippen MR) is 90.1 cm³/mol. The normalized spacial score (nSPS) is 10.5. The van der Waals surface area contributed by atoms with Crippen molar-refractivity contribution in [3.05, 3.63) is 57.3 Å². The molecule has 0 aliphatic rings. The first-order valence-electron chi connectivity index (χ1n) is 6.95. The van der Waals surface area contributed by atoms with E-state index in [4.69, 9.17) is 0 Å². The number of rotatable bonds is 6. The number of thiazole rings is 1. The van der Waals surface area contributed by atoms with E-state index in [0.717, 1.165) is 27.6 Å². The van der Waals surface area contributed by atoms with Gasteiger partial charge in [0, 0.05) is 41.2 Å². The number of hydrogen-bond acceptors (Lipinski definition) is 5. The molecule has 0 aliphatic heterocycles. The van der Waals surface area contributed by atoms with Crippen LogP contribution in [0.1, 0.15) is 9.88 Å². The van der Waals surface area contributed by atoms with Crippen molar-refractivity contribution in [1.29, 1.82) is 0 Å². The minimum absolute atomic E-state index is 0.0633. The molecule has 0 saturated carbocycles. The van der Waals surface area contributed by atoms with Crippen LogP contribution in [-0.2, 0) is 17.6 Å². The number of hydrogen-bond donors (Lipinski definition) is 1. The predicted octanol–water partition coefficient (Wildman–Crippen LogP) is 3.17. The monoisotopic (exact) mass is 329 g/mol. The first-order valence-corrected chi connectivity index (χ1v) is 8.71. The minimum Gasteiger partial charge on any atom is -0.355 e. The molecule has 0 bridgehead atoms. The van der Waals surface area contributed by atoms with Gasteiger partial charge in [0.05, 0.1) is 17.1 Å². The molecule has 6 heteroatoms. The molecule has 3 rings (SSSR count). The number of pyridine rings is 1. The van der Waals surface area contributed by atoms with Gasteiger partial charge in [0.1, 0.15) is 0 Å². The van der Waals surface area contributed by atoms with Gasteiger partial charge in [-0.05, 0) is 23.6 Å². The summed E-state index contributed by atoms with van der Waals surface area (Å²) in [6.07, 6.45) is 4.74. The number of nitrogens with zero attached hydrogens (tertiary/aromatic N) is 2. The SMILES string of the molecule is O=C(Cc1cccs1)NCCc1nc(-c2ccncc2)cs1. The standard InChI is InChI=1S/C16H15N3OS2/c20-15(10-13-2-1-9-21-13)18-8-5-16-19-14(11-22-16)12-3-6-17-7-4-12/h1-4,6-7,9,11H,5,8,10H2,(H,18,20). The molecule has 0 aliphatic carbocycles. The summed E-state index contributed by atoms with van der Waals surface area (Å²) in [6, 6.07) is 7.83. The summed E-state index contributed by atoms with van der Waals surface area (Å²) < 4.78 is 0. The first-order chi connectivity index (χ1) is 10.8. The molecular weight excluding hydrogens is 314 g/mol. The Hall–Kier alpha value is -2.05. The highest BCUT2D eigenvalue weighted by atomic mass is 32.1. The topological polar surface area (TPSA) is 54.9 Å². The Balaban J connectivity index is 1.48. The number of thiophene rings is 1. The average molecular weight is 329 g/mol. The van der Waals surface area contributed by atoms with E-state index in [1.807, 2.05) is 35.0 Å². The van der Waals surface area contributed by atoms with Crippen molar-refractivity contribution >= 4 is 28.6 Å². The summed E-state index contributed by atoms with van der Waals surface area (Å²) >= 11 is 3.23. The van der Waals surface area contributed by atoms with Crippen LogP contribution in [0.25, 0.3) is 11.3 Å². The molecule has 0 atom stereocenters. The van der Waals surface area contributed by atoms with Crippen LogP contribution >= 0.6 is 22.7 Å². The molecule has 1 N–H and O–H groups in total. The Morgan fingerprint density at radius 2 is 2.05 bits per heavy atom. The molecule has 0 saturated heterocycles. The van der Waals surface area contributed by atoms with Gasteiger partial charge in [0.2, 0.25) is 5.91 Å². The van der Waals surface area contributed by atoms with Gasteiger partial charge in [0.25, 0.3) is 0 Å². The molecule has 22 heavy (non-hydrogen) atoms. The van der Waals surface area contributed by atoms with Crippen molar-refractivity contribution < 1.29 is 4.79 Å². The Labute approximate surface area is 136 Å². The van der Waals surface area contributed by atoms with Crippen molar-refractivity contribution in [3.63, 3.8) is 0 Å². The van der Waals surface area contributed by atoms with Crippen molar-refractivity contribution in [3.8, 4) is 11.3 Å². The van der Waals surface area contributed by atoms with E-state index < -0.39 is 0 Å². The summed E-state index contributed by atoms with van der Waals surface area (Å²) in [5, 5.41) is 8.00. The third-order valence-corrected chi connectivity index (χ3v) is 4.89. The largest absolute Gasteiger partial charge is 0.355 e. The second kappa shape index (κ2) is 7.29. The fourth-order valence-electron chi connectivity index (χ4n) is 2.02. The second-order valence-corrected chi connectivity index (χ2v) is 6.69. The number of carbonyl (C=O) groups excluding carboxylic acids is 1. The highest BCUT2D eigenvalue weighted by molar-refractivity contribution is 7.10. The van der Waals surface area contributed by atoms with Gasteiger partial charge in [-0.25, -0.2) is 4.98 Å². The lowest BCUT2D eigenvalue weighted by atomic mass is 10.2. The quantitative estimate of drug-likeness (QED) is 0.756. The molecule has 3 aromatic heterocycles. The summed E-state index contributed by atoms with van der Waals surface area (Å²) in [4.78, 5) is 21.5. The summed E-state index contributed by atoms with van der Waals surface area (Å²) in [6.45, 7) is 0.619. The number of amides is 1. The van der Waals surface area contributed by atoms with Gasteiger partial charge >= 0.3 is 0 Å². The maximum atomic E-state index is 11.8. The highest BCUT2D eigenvalue weighted by Gasteiger charge is 2.06. The molecule has 4 nitrogen and oxygen atoms in total. The fraction of sp³-hybridized carbons (Fsp3) is 0.188. The van der Waals surface area contributed by atoms with E-state index >= 15 is 0 Å². The summed E-state index contributed by atoms with van der Waals surface area (Å²) in [7, 11) is 0. The number of aromatic nitrogens is 2. The van der Waals surface area contributed by atoms with Crippen LogP contribution in [0, 0.1) is 0 Å². The zero-order valence-corrected chi connectivity index (χ0v) is 13.5. The van der Waals surface area contributed by atoms with E-state index in [1.54, 1.807) is 35.1 Å². The van der Waals surface area contributed by atoms with E-state index in [-0.39, 0.29) is 5.91 Å². The van der Waals surface area contributed by atoms with Crippen LogP contribution in [0.4, 0.5) is 0 Å². The van der Waals surface area contributed by atoms with E-state index in [1.165, 1.54) is 0 Å². The van der Waals surface area contributed by atoms with Gasteiger partial charge in [-0.1, -0.05) is 6.07 Å². The molecular formula is C16H15N3OS2. The average Bonchev–Trinajstić information content (AvgIpc) is 3.20. The summed E-state index contributed by atoms with van der Waals surface area (Å²) in [5.74, 6) is 0.0633. The van der Waals surface area contributed by atoms with Crippen molar-refractivity contribution in [2.75, 3.05) is 6.54 Å². The molecule has 112 valence electrons. The van der Waals surface area contributed by atoms with Gasteiger partial charge in [-0.3, -0.25) is 9.78 Å². The van der Waals surface area contributed by atoms with Crippen LogP contribution in [0.5, 0.6) is 0 Å². The number of carbonyl (C=O) groups is 1. The maximum absolute atomic E-state index is 11.8. The van der Waals surface area contributed by atoms with Crippen molar-refractivity contribution in [1.82, 2.24) is 15.3 Å². The molecule has 3 heterocycles. The van der Waals surface area contributed by atoms with Gasteiger partial charge in [-0.15, -0.1) is 22.7 Å². The lowest BCUT2D eigenvalue weighted by Crippen LogP contribution is -2.26. The van der Waals surface area contributed by atoms with Gasteiger partial charge < -0.3 is 5.32 Å². The van der Waals surface area contributed by atoms with Crippen LogP contribution in [0.3, 0.4) is 0 Å². The highest BCUT2D eigenvalue weighted by Crippen LogP contribution is 2.21. The molecule has 0 fully saturated rings. The van der Waals surface area contributed by atoms with Crippen molar-refractivity contribution in [2.24, 2.45) is 0 Å². The van der Waals surface area contributed by atoms with Gasteiger partial charge in [-0.2, -0.15) is 0 Å². The Kier molecular flexibility index (Phi) is 4.92. The van der Waals surface area contributed by atoms with Crippen LogP contribution < -0.4 is 5.32 Å². The van der Waals surface area contributed by atoms with Crippen LogP contribution in [-0.4, -0.2) is 22.4 Å². The Morgan fingerprint density at radius 3 is 2.82 bits per heavy atom. The van der Waals surface area contributed by atoms with Crippen LogP contribution in [0.15, 0.2) is 47.4 Å². The maximum Gasteiger partial charge on any atom is 0.225 e. The molecule has 0 unspecified atom stereocenters. The lowest BCUT2D eigenvalue weighted by molar-refractivity contribution is -0.120. The van der Waals surface area contributed by atoms with Crippen molar-refractivity contribution in [2.45, 2.75) is 12.8 Å². The molecule has 3 aromatic rings. The van der Waals surface area contributed by atoms with Gasteiger partial charge in [0.15, 0.2) is 0 Å². The second-order valence-electron chi connectivity index (χ2n) is 4.72. The smallest absolute Gasteiger partial charge is 0.225 e.